The van der Waals surface area contributed by atoms with Crippen LogP contribution in [0.1, 0.15) is 33.2 Å². The molecule has 0 unspecified atom stereocenters. The second-order valence-corrected chi connectivity index (χ2v) is 4.71. The Morgan fingerprint density at radius 2 is 1.67 bits per heavy atom. The van der Waals surface area contributed by atoms with Gasteiger partial charge in [0.1, 0.15) is 5.15 Å². The smallest absolute Gasteiger partial charge is 0.267 e. The van der Waals surface area contributed by atoms with Gasteiger partial charge < -0.3 is 0 Å². The van der Waals surface area contributed by atoms with Gasteiger partial charge in [-0.3, -0.25) is 20.4 Å². The van der Waals surface area contributed by atoms with Crippen molar-refractivity contribution >= 4 is 23.4 Å². The molecule has 2 N–H and O–H groups in total. The van der Waals surface area contributed by atoms with Crippen LogP contribution >= 0.6 is 11.6 Å². The number of benzene rings is 1. The Kier molecular flexibility index (Phi) is 4.90. The summed E-state index contributed by atoms with van der Waals surface area (Å²) in [6.45, 7) is 2.04. The van der Waals surface area contributed by atoms with Gasteiger partial charge in [0, 0.05) is 17.3 Å². The first kappa shape index (κ1) is 15.0. The fourth-order valence-electron chi connectivity index (χ4n) is 1.69. The molecule has 0 saturated carbocycles. The average molecular weight is 304 g/mol. The molecule has 108 valence electrons. The van der Waals surface area contributed by atoms with Gasteiger partial charge in [-0.1, -0.05) is 30.7 Å². The monoisotopic (exact) mass is 303 g/mol. The van der Waals surface area contributed by atoms with Gasteiger partial charge in [0.25, 0.3) is 11.8 Å². The summed E-state index contributed by atoms with van der Waals surface area (Å²) in [5.41, 5.74) is 6.61. The van der Waals surface area contributed by atoms with Gasteiger partial charge in [0.05, 0.1) is 0 Å². The summed E-state index contributed by atoms with van der Waals surface area (Å²) >= 11 is 5.70. The third-order valence-electron chi connectivity index (χ3n) is 2.90. The van der Waals surface area contributed by atoms with Crippen molar-refractivity contribution in [2.45, 2.75) is 13.3 Å². The van der Waals surface area contributed by atoms with Crippen molar-refractivity contribution in [3.05, 3.63) is 64.4 Å². The van der Waals surface area contributed by atoms with Crippen LogP contribution in [0.5, 0.6) is 0 Å². The fraction of sp³-hybridized carbons (Fsp3) is 0.133. The van der Waals surface area contributed by atoms with E-state index in [9.17, 15) is 9.59 Å². The van der Waals surface area contributed by atoms with E-state index >= 15 is 0 Å². The fourth-order valence-corrected chi connectivity index (χ4v) is 1.87. The molecule has 0 aliphatic heterocycles. The van der Waals surface area contributed by atoms with E-state index < -0.39 is 5.91 Å². The predicted octanol–water partition coefficient (Wildman–Crippen LogP) is 2.37. The zero-order valence-corrected chi connectivity index (χ0v) is 12.1. The van der Waals surface area contributed by atoms with Crippen LogP contribution in [0.15, 0.2) is 42.6 Å². The van der Waals surface area contributed by atoms with Gasteiger partial charge in [-0.15, -0.1) is 0 Å². The average Bonchev–Trinajstić information content (AvgIpc) is 2.52. The third-order valence-corrected chi connectivity index (χ3v) is 3.11. The molecule has 0 fully saturated rings. The minimum atomic E-state index is -0.460. The van der Waals surface area contributed by atoms with Crippen molar-refractivity contribution in [2.75, 3.05) is 0 Å². The molecule has 0 bridgehead atoms. The summed E-state index contributed by atoms with van der Waals surface area (Å²) in [5, 5.41) is 0.212. The Morgan fingerprint density at radius 3 is 2.24 bits per heavy atom. The molecule has 0 atom stereocenters. The molecular formula is C15H14ClN3O2. The molecule has 6 heteroatoms. The van der Waals surface area contributed by atoms with E-state index in [1.165, 1.54) is 18.3 Å². The zero-order valence-electron chi connectivity index (χ0n) is 11.4. The van der Waals surface area contributed by atoms with Gasteiger partial charge >= 0.3 is 0 Å². The van der Waals surface area contributed by atoms with Crippen LogP contribution in [0.25, 0.3) is 0 Å². The summed E-state index contributed by atoms with van der Waals surface area (Å²) in [6.07, 6.45) is 2.32. The van der Waals surface area contributed by atoms with Crippen molar-refractivity contribution in [1.29, 1.82) is 0 Å². The van der Waals surface area contributed by atoms with Crippen molar-refractivity contribution in [2.24, 2.45) is 0 Å². The highest BCUT2D eigenvalue weighted by Gasteiger charge is 2.09. The summed E-state index contributed by atoms with van der Waals surface area (Å²) < 4.78 is 0. The van der Waals surface area contributed by atoms with Crippen molar-refractivity contribution < 1.29 is 9.59 Å². The molecule has 1 heterocycles. The van der Waals surface area contributed by atoms with Crippen LogP contribution in [-0.4, -0.2) is 16.8 Å². The Labute approximate surface area is 127 Å². The lowest BCUT2D eigenvalue weighted by Crippen LogP contribution is -2.41. The van der Waals surface area contributed by atoms with Gasteiger partial charge in [-0.25, -0.2) is 4.98 Å². The SMILES string of the molecule is CCc1ccc(C(=O)NNC(=O)c2ccnc(Cl)c2)cc1. The van der Waals surface area contributed by atoms with E-state index in [0.29, 0.717) is 11.1 Å². The number of carbonyl (C=O) groups excluding carboxylic acids is 2. The molecule has 0 aliphatic rings. The summed E-state index contributed by atoms with van der Waals surface area (Å²) in [6, 6.07) is 10.1. The number of nitrogens with one attached hydrogen (secondary N) is 2. The minimum absolute atomic E-state index is 0.212. The summed E-state index contributed by atoms with van der Waals surface area (Å²) in [4.78, 5) is 27.5. The highest BCUT2D eigenvalue weighted by molar-refractivity contribution is 6.29. The number of hydrazine groups is 1. The molecule has 0 spiro atoms. The van der Waals surface area contributed by atoms with Gasteiger partial charge in [0.15, 0.2) is 0 Å². The first-order chi connectivity index (χ1) is 10.1. The normalized spacial score (nSPS) is 10.0. The van der Waals surface area contributed by atoms with E-state index in [0.717, 1.165) is 12.0 Å². The Morgan fingerprint density at radius 1 is 1.05 bits per heavy atom. The number of aryl methyl sites for hydroxylation is 1. The number of amides is 2. The van der Waals surface area contributed by atoms with Crippen molar-refractivity contribution in [3.8, 4) is 0 Å². The number of hydrogen-bond donors (Lipinski definition) is 2. The molecular weight excluding hydrogens is 290 g/mol. The number of halogens is 1. The second kappa shape index (κ2) is 6.85. The van der Waals surface area contributed by atoms with Crippen LogP contribution < -0.4 is 10.9 Å². The molecule has 5 nitrogen and oxygen atoms in total. The van der Waals surface area contributed by atoms with Gasteiger partial charge in [-0.05, 0) is 36.2 Å². The maximum absolute atomic E-state index is 11.9. The zero-order chi connectivity index (χ0) is 15.2. The molecule has 2 amide bonds. The maximum atomic E-state index is 11.9. The first-order valence-electron chi connectivity index (χ1n) is 6.41. The topological polar surface area (TPSA) is 71.1 Å². The lowest BCUT2D eigenvalue weighted by molar-refractivity contribution is 0.0846. The van der Waals surface area contributed by atoms with E-state index in [2.05, 4.69) is 15.8 Å². The Bertz CT molecular complexity index is 656. The van der Waals surface area contributed by atoms with E-state index in [1.54, 1.807) is 12.1 Å². The van der Waals surface area contributed by atoms with E-state index in [-0.39, 0.29) is 11.1 Å². The largest absolute Gasteiger partial charge is 0.269 e. The van der Waals surface area contributed by atoms with E-state index in [4.69, 9.17) is 11.6 Å². The lowest BCUT2D eigenvalue weighted by Gasteiger charge is -2.08. The Balaban J connectivity index is 1.95. The summed E-state index contributed by atoms with van der Waals surface area (Å²) in [7, 11) is 0. The van der Waals surface area contributed by atoms with Crippen molar-refractivity contribution in [1.82, 2.24) is 15.8 Å². The number of carbonyl (C=O) groups is 2. The van der Waals surface area contributed by atoms with Crippen LogP contribution in [-0.2, 0) is 6.42 Å². The number of nitrogens with zero attached hydrogens (tertiary/aromatic N) is 1. The molecule has 0 aliphatic carbocycles. The molecule has 1 aromatic carbocycles. The van der Waals surface area contributed by atoms with Crippen LogP contribution in [0.2, 0.25) is 5.15 Å². The second-order valence-electron chi connectivity index (χ2n) is 4.33. The first-order valence-corrected chi connectivity index (χ1v) is 6.79. The van der Waals surface area contributed by atoms with Crippen LogP contribution in [0.4, 0.5) is 0 Å². The lowest BCUT2D eigenvalue weighted by atomic mass is 10.1. The molecule has 0 radical (unpaired) electrons. The molecule has 2 aromatic rings. The van der Waals surface area contributed by atoms with Gasteiger partial charge in [-0.2, -0.15) is 0 Å². The molecule has 1 aromatic heterocycles. The van der Waals surface area contributed by atoms with Crippen molar-refractivity contribution in [3.63, 3.8) is 0 Å². The predicted molar refractivity (Wildman–Crippen MR) is 80.0 cm³/mol. The van der Waals surface area contributed by atoms with E-state index in [1.807, 2.05) is 19.1 Å². The number of aromatic nitrogens is 1. The quantitative estimate of drug-likeness (QED) is 0.675. The third kappa shape index (κ3) is 4.03. The number of rotatable bonds is 3. The maximum Gasteiger partial charge on any atom is 0.269 e. The highest BCUT2D eigenvalue weighted by atomic mass is 35.5. The minimum Gasteiger partial charge on any atom is -0.267 e. The standard InChI is InChI=1S/C15H14ClN3O2/c1-2-10-3-5-11(6-4-10)14(20)18-19-15(21)12-7-8-17-13(16)9-12/h3-9H,2H2,1H3,(H,18,20)(H,19,21). The number of hydrogen-bond acceptors (Lipinski definition) is 3. The summed E-state index contributed by atoms with van der Waals surface area (Å²) in [5.74, 6) is -0.844. The molecule has 0 saturated heterocycles. The van der Waals surface area contributed by atoms with Crippen LogP contribution in [0, 0.1) is 0 Å². The van der Waals surface area contributed by atoms with Crippen LogP contribution in [0.3, 0.4) is 0 Å². The molecule has 2 rings (SSSR count). The van der Waals surface area contributed by atoms with Gasteiger partial charge in [0.2, 0.25) is 0 Å². The Hall–Kier alpha value is -2.40. The number of pyridine rings is 1. The molecule has 21 heavy (non-hydrogen) atoms. The highest BCUT2D eigenvalue weighted by Crippen LogP contribution is 2.07.